The summed E-state index contributed by atoms with van der Waals surface area (Å²) in [7, 11) is 0. The fourth-order valence-corrected chi connectivity index (χ4v) is 7.41. The Morgan fingerprint density at radius 1 is 0.458 bits per heavy atom. The van der Waals surface area contributed by atoms with Crippen LogP contribution >= 0.6 is 0 Å². The molecule has 0 aromatic heterocycles. The molecule has 6 atom stereocenters. The van der Waals surface area contributed by atoms with Gasteiger partial charge < -0.3 is 29.8 Å². The highest BCUT2D eigenvalue weighted by Crippen LogP contribution is 2.25. The number of carbonyl (C=O) groups is 16. The largest absolute Gasteiger partial charge is 0.381 e. The highest BCUT2D eigenvalue weighted by Gasteiger charge is 2.49. The molecule has 2 N–H and O–H groups in total. The van der Waals surface area contributed by atoms with E-state index in [9.17, 15) is 76.7 Å². The second-order valence-corrected chi connectivity index (χ2v) is 17.2. The number of nitrogens with one attached hydrogen (secondary N) is 2. The van der Waals surface area contributed by atoms with Crippen molar-refractivity contribution in [2.75, 3.05) is 26.4 Å². The number of nitrogens with zero attached hydrogens (tertiary/aromatic N) is 4. The molecule has 390 valence electrons. The average Bonchev–Trinajstić information content (AvgIpc) is 4.05. The lowest BCUT2D eigenvalue weighted by Crippen LogP contribution is -2.61. The van der Waals surface area contributed by atoms with Gasteiger partial charge in [0.25, 0.3) is 47.3 Å². The van der Waals surface area contributed by atoms with Crippen molar-refractivity contribution in [3.63, 3.8) is 0 Å². The highest BCUT2D eigenvalue weighted by atomic mass is 16.7. The van der Waals surface area contributed by atoms with Gasteiger partial charge >= 0.3 is 11.9 Å². The fourth-order valence-electron chi connectivity index (χ4n) is 7.41. The monoisotopic (exact) mass is 1010 g/mol. The van der Waals surface area contributed by atoms with Crippen LogP contribution in [0.3, 0.4) is 0 Å². The van der Waals surface area contributed by atoms with Crippen molar-refractivity contribution in [1.29, 1.82) is 0 Å². The van der Waals surface area contributed by atoms with Gasteiger partial charge in [-0.25, -0.2) is 9.59 Å². The lowest BCUT2D eigenvalue weighted by Gasteiger charge is -2.35. The minimum Gasteiger partial charge on any atom is -0.381 e. The van der Waals surface area contributed by atoms with Crippen LogP contribution in [0.5, 0.6) is 0 Å². The second kappa shape index (κ2) is 26.7. The normalized spacial score (nSPS) is 18.1. The van der Waals surface area contributed by atoms with E-state index >= 15 is 0 Å². The number of rotatable bonds is 31. The lowest BCUT2D eigenvalue weighted by atomic mass is 9.91. The van der Waals surface area contributed by atoms with Crippen LogP contribution in [0.15, 0.2) is 24.3 Å². The molecular weight excluding hydrogens is 957 g/mol. The number of imide groups is 4. The SMILES string of the molecule is CC(CC(=O)C(C)NC(=O)CCOCCCC(=O)C(C(C(=O)CCCOCCC(=O)NC(C)C(=O)CC(C)C(=O)ON1C(=O)CCC1=O)N1C(=O)C=CC1=O)N1C(=O)C=CC1=O)C(=O)ON1C(=O)CCC1=O. The number of Topliss-reactive ketones (excluding diaryl/α,β-unsaturated/α-hetero) is 4. The topological polar surface area (TPSA) is 347 Å². The Balaban J connectivity index is 1.22. The molecule has 2 fully saturated rings. The minimum atomic E-state index is -1.94. The summed E-state index contributed by atoms with van der Waals surface area (Å²) in [6, 6.07) is -5.97. The van der Waals surface area contributed by atoms with Gasteiger partial charge in [-0.15, -0.1) is 10.1 Å². The molecule has 0 saturated carbocycles. The first-order chi connectivity index (χ1) is 34.0. The molecule has 4 rings (SSSR count). The van der Waals surface area contributed by atoms with E-state index < -0.39 is 143 Å². The summed E-state index contributed by atoms with van der Waals surface area (Å²) in [5.41, 5.74) is 0. The third kappa shape index (κ3) is 15.8. The molecule has 26 heteroatoms. The third-order valence-electron chi connectivity index (χ3n) is 11.5. The van der Waals surface area contributed by atoms with Gasteiger partial charge in [0.1, 0.15) is 12.1 Å². The highest BCUT2D eigenvalue weighted by molar-refractivity contribution is 6.19. The van der Waals surface area contributed by atoms with Crippen LogP contribution in [0.25, 0.3) is 0 Å². The molecule has 0 aromatic carbocycles. The first-order valence-electron chi connectivity index (χ1n) is 23.1. The van der Waals surface area contributed by atoms with Gasteiger partial charge in [0.05, 0.1) is 37.1 Å². The van der Waals surface area contributed by atoms with Crippen LogP contribution in [0.2, 0.25) is 0 Å². The summed E-state index contributed by atoms with van der Waals surface area (Å²) in [4.78, 5) is 212. The average molecular weight is 1010 g/mol. The van der Waals surface area contributed by atoms with Crippen molar-refractivity contribution >= 4 is 94.1 Å². The summed E-state index contributed by atoms with van der Waals surface area (Å²) < 4.78 is 11.0. The van der Waals surface area contributed by atoms with Crippen molar-refractivity contribution in [3.05, 3.63) is 24.3 Å². The molecular formula is C46H56N6O20. The fraction of sp³-hybridized carbons (Fsp3) is 0.565. The maximum absolute atomic E-state index is 13.9. The van der Waals surface area contributed by atoms with E-state index in [1.54, 1.807) is 0 Å². The zero-order valence-corrected chi connectivity index (χ0v) is 40.0. The van der Waals surface area contributed by atoms with Crippen molar-refractivity contribution in [2.45, 2.75) is 129 Å². The van der Waals surface area contributed by atoms with Gasteiger partial charge in [0.2, 0.25) is 11.8 Å². The van der Waals surface area contributed by atoms with Crippen LogP contribution in [0.4, 0.5) is 0 Å². The zero-order chi connectivity index (χ0) is 53.4. The molecule has 4 heterocycles. The maximum atomic E-state index is 13.9. The Bertz CT molecular complexity index is 2100. The molecule has 2 saturated heterocycles. The number of hydrogen-bond donors (Lipinski definition) is 2. The van der Waals surface area contributed by atoms with E-state index in [4.69, 9.17) is 19.1 Å². The lowest BCUT2D eigenvalue weighted by molar-refractivity contribution is -0.200. The molecule has 6 unspecified atom stereocenters. The van der Waals surface area contributed by atoms with E-state index in [1.165, 1.54) is 27.7 Å². The van der Waals surface area contributed by atoms with Crippen molar-refractivity contribution in [2.24, 2.45) is 11.8 Å². The molecule has 0 bridgehead atoms. The first kappa shape index (κ1) is 57.1. The molecule has 4 aliphatic rings. The summed E-state index contributed by atoms with van der Waals surface area (Å²) in [6.45, 7) is 4.78. The number of amides is 10. The number of hydrogen-bond acceptors (Lipinski definition) is 20. The van der Waals surface area contributed by atoms with E-state index in [0.29, 0.717) is 19.9 Å². The second-order valence-electron chi connectivity index (χ2n) is 17.2. The Labute approximate surface area is 411 Å². The minimum absolute atomic E-state index is 0.0769. The van der Waals surface area contributed by atoms with Crippen molar-refractivity contribution < 1.29 is 95.9 Å². The van der Waals surface area contributed by atoms with Gasteiger partial charge in [-0.2, -0.15) is 0 Å². The predicted molar refractivity (Wildman–Crippen MR) is 236 cm³/mol. The van der Waals surface area contributed by atoms with E-state index in [0.717, 1.165) is 24.3 Å². The number of carbonyl (C=O) groups excluding carboxylic acids is 16. The number of ether oxygens (including phenoxy) is 2. The van der Waals surface area contributed by atoms with Crippen LogP contribution in [0, 0.1) is 11.8 Å². The molecule has 26 nitrogen and oxygen atoms in total. The molecule has 4 aliphatic heterocycles. The van der Waals surface area contributed by atoms with Gasteiger partial charge in [0, 0.05) is 102 Å². The smallest absolute Gasteiger partial charge is 0.336 e. The van der Waals surface area contributed by atoms with Gasteiger partial charge in [-0.05, 0) is 26.7 Å². The summed E-state index contributed by atoms with van der Waals surface area (Å²) >= 11 is 0. The van der Waals surface area contributed by atoms with Crippen molar-refractivity contribution in [3.8, 4) is 0 Å². The predicted octanol–water partition coefficient (Wildman–Crippen LogP) is -1.50. The number of hydroxylamine groups is 4. The van der Waals surface area contributed by atoms with E-state index in [2.05, 4.69) is 10.6 Å². The Hall–Kier alpha value is -7.48. The zero-order valence-electron chi connectivity index (χ0n) is 40.0. The van der Waals surface area contributed by atoms with E-state index in [-0.39, 0.29) is 90.6 Å². The Morgan fingerprint density at radius 2 is 0.764 bits per heavy atom. The Kier molecular flexibility index (Phi) is 21.1. The van der Waals surface area contributed by atoms with Crippen LogP contribution in [-0.2, 0) is 95.9 Å². The maximum Gasteiger partial charge on any atom is 0.336 e. The molecule has 0 radical (unpaired) electrons. The van der Waals surface area contributed by atoms with Crippen LogP contribution in [-0.4, -0.2) is 165 Å². The molecule has 0 spiro atoms. The van der Waals surface area contributed by atoms with Gasteiger partial charge in [-0.1, -0.05) is 13.8 Å². The summed E-state index contributed by atoms with van der Waals surface area (Å²) in [6.07, 6.45) is 0.764. The number of ketones is 4. The third-order valence-corrected chi connectivity index (χ3v) is 11.5. The van der Waals surface area contributed by atoms with Crippen molar-refractivity contribution in [1.82, 2.24) is 30.6 Å². The first-order valence-corrected chi connectivity index (χ1v) is 23.1. The molecule has 10 amide bonds. The quantitative estimate of drug-likeness (QED) is 0.0589. The van der Waals surface area contributed by atoms with Crippen LogP contribution in [0.1, 0.15) is 105 Å². The standard InChI is InChI=1S/C46H56N6O20/c1-25(45(67)71-51-39(63)13-14-40(51)64)23-31(55)27(3)47-33(57)17-21-69-19-5-7-29(53)43(49-35(59)9-10-36(49)60)44(50-37(61)11-12-38(50)62)30(54)8-6-20-70-22-18-34(58)48-28(4)32(56)24-26(2)46(68)72-52-41(65)15-16-42(52)66/h9-12,25-28,43-44H,5-8,13-24H2,1-4H3,(H,47,57)(H,48,58). The molecule has 0 aromatic rings. The summed E-state index contributed by atoms with van der Waals surface area (Å²) in [5.74, 6) is -14.8. The van der Waals surface area contributed by atoms with Gasteiger partial charge in [-0.3, -0.25) is 76.9 Å². The molecule has 0 aliphatic carbocycles. The van der Waals surface area contributed by atoms with Gasteiger partial charge in [0.15, 0.2) is 23.1 Å². The van der Waals surface area contributed by atoms with Crippen LogP contribution < -0.4 is 10.6 Å². The molecule has 72 heavy (non-hydrogen) atoms. The summed E-state index contributed by atoms with van der Waals surface area (Å²) in [5, 5.41) is 5.65. The Morgan fingerprint density at radius 3 is 1.07 bits per heavy atom. The van der Waals surface area contributed by atoms with E-state index in [1.807, 2.05) is 0 Å².